The van der Waals surface area contributed by atoms with Gasteiger partial charge in [-0.25, -0.2) is 0 Å². The first-order valence-electron chi connectivity index (χ1n) is 19.9. The van der Waals surface area contributed by atoms with Crippen LogP contribution in [0.2, 0.25) is 0 Å². The van der Waals surface area contributed by atoms with E-state index in [0.717, 1.165) is 22.7 Å². The summed E-state index contributed by atoms with van der Waals surface area (Å²) in [7, 11) is 0. The average molecular weight is 729 g/mol. The van der Waals surface area contributed by atoms with Crippen LogP contribution in [0.5, 0.6) is 0 Å². The second kappa shape index (κ2) is 13.0. The predicted molar refractivity (Wildman–Crippen MR) is 241 cm³/mol. The number of hydrogen-bond donors (Lipinski definition) is 0. The molecule has 1 heterocycles. The number of nitrogens with zero attached hydrogens (tertiary/aromatic N) is 2. The van der Waals surface area contributed by atoms with E-state index in [9.17, 15) is 0 Å². The Morgan fingerprint density at radius 2 is 1.00 bits per heavy atom. The molecule has 0 saturated carbocycles. The molecule has 0 N–H and O–H groups in total. The van der Waals surface area contributed by atoms with E-state index in [1.165, 1.54) is 77.1 Å². The van der Waals surface area contributed by atoms with Gasteiger partial charge in [0.05, 0.1) is 16.7 Å². The summed E-state index contributed by atoms with van der Waals surface area (Å²) >= 11 is 0. The van der Waals surface area contributed by atoms with Gasteiger partial charge in [-0.05, 0) is 116 Å². The Labute approximate surface area is 333 Å². The number of benzene rings is 9. The highest BCUT2D eigenvalue weighted by molar-refractivity contribution is 6.17. The Hall–Kier alpha value is -7.16. The highest BCUT2D eigenvalue weighted by atomic mass is 15.1. The fraction of sp³-hybridized carbons (Fsp3) is 0.0545. The van der Waals surface area contributed by atoms with Crippen molar-refractivity contribution in [3.05, 3.63) is 217 Å². The van der Waals surface area contributed by atoms with E-state index in [4.69, 9.17) is 0 Å². The number of fused-ring (bicyclic) bond motifs is 8. The van der Waals surface area contributed by atoms with Crippen molar-refractivity contribution < 1.29 is 0 Å². The lowest BCUT2D eigenvalue weighted by Gasteiger charge is -2.28. The molecule has 0 fully saturated rings. The van der Waals surface area contributed by atoms with Gasteiger partial charge in [-0.15, -0.1) is 0 Å². The molecule has 0 spiro atoms. The topological polar surface area (TPSA) is 8.17 Å². The minimum absolute atomic E-state index is 0.0590. The molecule has 0 amide bonds. The molecule has 57 heavy (non-hydrogen) atoms. The van der Waals surface area contributed by atoms with Gasteiger partial charge in [-0.3, -0.25) is 0 Å². The third-order valence-electron chi connectivity index (χ3n) is 12.2. The highest BCUT2D eigenvalue weighted by Crippen LogP contribution is 2.52. The summed E-state index contributed by atoms with van der Waals surface area (Å²) in [5, 5.41) is 5.07. The minimum Gasteiger partial charge on any atom is -0.310 e. The van der Waals surface area contributed by atoms with Crippen molar-refractivity contribution in [2.24, 2.45) is 0 Å². The Morgan fingerprint density at radius 3 is 1.77 bits per heavy atom. The first-order chi connectivity index (χ1) is 28.0. The second-order valence-electron chi connectivity index (χ2n) is 15.8. The summed E-state index contributed by atoms with van der Waals surface area (Å²) in [6.45, 7) is 4.73. The van der Waals surface area contributed by atoms with Crippen molar-refractivity contribution in [2.45, 2.75) is 19.3 Å². The first kappa shape index (κ1) is 33.2. The summed E-state index contributed by atoms with van der Waals surface area (Å²) in [6, 6.07) is 75.5. The molecule has 9 aromatic carbocycles. The van der Waals surface area contributed by atoms with Crippen molar-refractivity contribution in [3.8, 4) is 39.1 Å². The Balaban J connectivity index is 1.14. The lowest BCUT2D eigenvalue weighted by molar-refractivity contribution is 0.661. The van der Waals surface area contributed by atoms with Gasteiger partial charge in [-0.2, -0.15) is 0 Å². The van der Waals surface area contributed by atoms with Crippen molar-refractivity contribution in [3.63, 3.8) is 0 Å². The van der Waals surface area contributed by atoms with Crippen molar-refractivity contribution in [1.29, 1.82) is 0 Å². The summed E-state index contributed by atoms with van der Waals surface area (Å²) in [5.74, 6) is 0. The average Bonchev–Trinajstić information content (AvgIpc) is 3.71. The largest absolute Gasteiger partial charge is 0.310 e. The number of para-hydroxylation sites is 3. The number of aromatic nitrogens is 1. The van der Waals surface area contributed by atoms with Crippen molar-refractivity contribution in [2.75, 3.05) is 4.90 Å². The molecule has 0 aliphatic heterocycles. The number of anilines is 3. The third kappa shape index (κ3) is 5.25. The van der Waals surface area contributed by atoms with Gasteiger partial charge in [0.15, 0.2) is 0 Å². The quantitative estimate of drug-likeness (QED) is 0.165. The second-order valence-corrected chi connectivity index (χ2v) is 15.8. The lowest BCUT2D eigenvalue weighted by Crippen LogP contribution is -2.14. The van der Waals surface area contributed by atoms with Gasteiger partial charge in [0, 0.05) is 38.8 Å². The third-order valence-corrected chi connectivity index (χ3v) is 12.2. The molecule has 2 heteroatoms. The highest BCUT2D eigenvalue weighted by Gasteiger charge is 2.36. The zero-order chi connectivity index (χ0) is 38.1. The fourth-order valence-corrected chi connectivity index (χ4v) is 9.41. The molecule has 1 aliphatic carbocycles. The van der Waals surface area contributed by atoms with Gasteiger partial charge in [0.25, 0.3) is 0 Å². The van der Waals surface area contributed by atoms with Gasteiger partial charge < -0.3 is 9.47 Å². The van der Waals surface area contributed by atoms with E-state index in [-0.39, 0.29) is 5.41 Å². The molecule has 10 aromatic rings. The molecule has 270 valence electrons. The zero-order valence-electron chi connectivity index (χ0n) is 32.0. The predicted octanol–water partition coefficient (Wildman–Crippen LogP) is 15.0. The molecular weight excluding hydrogens is 689 g/mol. The summed E-state index contributed by atoms with van der Waals surface area (Å²) < 4.78 is 2.44. The molecule has 2 nitrogen and oxygen atoms in total. The summed E-state index contributed by atoms with van der Waals surface area (Å²) in [4.78, 5) is 2.39. The Morgan fingerprint density at radius 1 is 0.404 bits per heavy atom. The maximum absolute atomic E-state index is 2.48. The van der Waals surface area contributed by atoms with E-state index < -0.39 is 0 Å². The van der Waals surface area contributed by atoms with Crippen LogP contribution in [0.1, 0.15) is 25.0 Å². The molecule has 0 unspecified atom stereocenters. The van der Waals surface area contributed by atoms with Crippen LogP contribution >= 0.6 is 0 Å². The lowest BCUT2D eigenvalue weighted by atomic mass is 9.82. The maximum atomic E-state index is 2.48. The van der Waals surface area contributed by atoms with Crippen LogP contribution in [0.3, 0.4) is 0 Å². The maximum Gasteiger partial charge on any atom is 0.0547 e. The Kier molecular flexibility index (Phi) is 7.55. The van der Waals surface area contributed by atoms with Crippen LogP contribution < -0.4 is 4.90 Å². The van der Waals surface area contributed by atoms with Gasteiger partial charge >= 0.3 is 0 Å². The molecule has 0 radical (unpaired) electrons. The molecule has 0 atom stereocenters. The van der Waals surface area contributed by atoms with Crippen molar-refractivity contribution >= 4 is 49.6 Å². The van der Waals surface area contributed by atoms with Gasteiger partial charge in [-0.1, -0.05) is 153 Å². The van der Waals surface area contributed by atoms with Crippen LogP contribution in [0.4, 0.5) is 17.1 Å². The van der Waals surface area contributed by atoms with E-state index in [2.05, 4.69) is 230 Å². The normalized spacial score (nSPS) is 12.9. The fourth-order valence-electron chi connectivity index (χ4n) is 9.41. The molecule has 0 saturated heterocycles. The first-order valence-corrected chi connectivity index (χ1v) is 19.9. The van der Waals surface area contributed by atoms with Crippen LogP contribution in [0.15, 0.2) is 206 Å². The molecule has 1 aliphatic rings. The zero-order valence-corrected chi connectivity index (χ0v) is 32.0. The molecular formula is C55H40N2. The molecule has 1 aromatic heterocycles. The minimum atomic E-state index is -0.0590. The van der Waals surface area contributed by atoms with Crippen LogP contribution in [-0.2, 0) is 5.41 Å². The van der Waals surface area contributed by atoms with E-state index >= 15 is 0 Å². The molecule has 0 bridgehead atoms. The monoisotopic (exact) mass is 728 g/mol. The number of hydrogen-bond acceptors (Lipinski definition) is 1. The smallest absolute Gasteiger partial charge is 0.0547 e. The van der Waals surface area contributed by atoms with Crippen LogP contribution in [0, 0.1) is 0 Å². The summed E-state index contributed by atoms with van der Waals surface area (Å²) in [5.41, 5.74) is 17.1. The van der Waals surface area contributed by atoms with Crippen LogP contribution in [-0.4, -0.2) is 4.57 Å². The van der Waals surface area contributed by atoms with Crippen molar-refractivity contribution in [1.82, 2.24) is 4.57 Å². The van der Waals surface area contributed by atoms with E-state index in [0.29, 0.717) is 0 Å². The van der Waals surface area contributed by atoms with Gasteiger partial charge in [0.2, 0.25) is 0 Å². The summed E-state index contributed by atoms with van der Waals surface area (Å²) in [6.07, 6.45) is 0. The van der Waals surface area contributed by atoms with Gasteiger partial charge in [0.1, 0.15) is 0 Å². The number of rotatable bonds is 6. The van der Waals surface area contributed by atoms with E-state index in [1.807, 2.05) is 0 Å². The SMILES string of the molecule is CC1(C)c2ccccc2-c2c1ccc1cc3c(cc21)c1cc(-c2ccccc2N(c2ccccc2)c2ccc(-c4ccccc4)cc2)ccc1n3-c1ccccc1. The van der Waals surface area contributed by atoms with Crippen LogP contribution in [0.25, 0.3) is 71.6 Å². The standard InChI is InChI=1S/C55H40N2/c1-55(2)49-24-14-12-23-45(49)54-46-36-48-47-34-39(29-33-52(47)57(42-20-10-5-11-21-42)53(48)35-40(46)28-32-50(54)55)44-22-13-15-25-51(44)56(41-18-8-4-9-19-41)43-30-26-38(27-31-43)37-16-6-3-7-17-37/h3-36H,1-2H3. The molecule has 11 rings (SSSR count). The Bertz CT molecular complexity index is 3120. The van der Waals surface area contributed by atoms with E-state index in [1.54, 1.807) is 0 Å².